The monoisotopic (exact) mass is 286 g/mol. The molecule has 0 saturated carbocycles. The molecular formula is C17H19FN2O. The Bertz CT molecular complexity index is 601. The van der Waals surface area contributed by atoms with Gasteiger partial charge >= 0.3 is 6.03 Å². The SMILES string of the molecule is CC(c1ccccc1)N(C)C(=O)NCc1ccccc1F. The highest BCUT2D eigenvalue weighted by Crippen LogP contribution is 2.18. The molecule has 0 saturated heterocycles. The molecule has 0 aliphatic rings. The fourth-order valence-electron chi connectivity index (χ4n) is 2.07. The molecule has 0 fully saturated rings. The van der Waals surface area contributed by atoms with Crippen molar-refractivity contribution in [1.82, 2.24) is 10.2 Å². The van der Waals surface area contributed by atoms with Crippen molar-refractivity contribution in [2.75, 3.05) is 7.05 Å². The van der Waals surface area contributed by atoms with Crippen LogP contribution in [0.1, 0.15) is 24.1 Å². The Hall–Kier alpha value is -2.36. The van der Waals surface area contributed by atoms with Gasteiger partial charge in [0, 0.05) is 19.2 Å². The van der Waals surface area contributed by atoms with Gasteiger partial charge in [-0.3, -0.25) is 0 Å². The number of hydrogen-bond acceptors (Lipinski definition) is 1. The second-order valence-corrected chi connectivity index (χ2v) is 4.95. The van der Waals surface area contributed by atoms with Crippen LogP contribution >= 0.6 is 0 Å². The first-order valence-electron chi connectivity index (χ1n) is 6.88. The summed E-state index contributed by atoms with van der Waals surface area (Å²) < 4.78 is 13.5. The second-order valence-electron chi connectivity index (χ2n) is 4.95. The fraction of sp³-hybridized carbons (Fsp3) is 0.235. The molecule has 1 atom stereocenters. The average Bonchev–Trinajstić information content (AvgIpc) is 2.53. The topological polar surface area (TPSA) is 32.3 Å². The van der Waals surface area contributed by atoms with Crippen LogP contribution in [0.3, 0.4) is 0 Å². The number of amides is 2. The maximum absolute atomic E-state index is 13.5. The number of halogens is 1. The van der Waals surface area contributed by atoms with E-state index in [-0.39, 0.29) is 24.4 Å². The maximum atomic E-state index is 13.5. The Morgan fingerprint density at radius 1 is 1.14 bits per heavy atom. The number of rotatable bonds is 4. The van der Waals surface area contributed by atoms with Crippen LogP contribution in [0, 0.1) is 5.82 Å². The summed E-state index contributed by atoms with van der Waals surface area (Å²) >= 11 is 0. The number of hydrogen-bond donors (Lipinski definition) is 1. The zero-order chi connectivity index (χ0) is 15.2. The van der Waals surface area contributed by atoms with Crippen LogP contribution in [0.2, 0.25) is 0 Å². The van der Waals surface area contributed by atoms with Crippen molar-refractivity contribution in [3.05, 3.63) is 71.5 Å². The molecule has 21 heavy (non-hydrogen) atoms. The van der Waals surface area contributed by atoms with E-state index in [1.54, 1.807) is 30.1 Å². The van der Waals surface area contributed by atoms with Crippen molar-refractivity contribution < 1.29 is 9.18 Å². The number of benzene rings is 2. The smallest absolute Gasteiger partial charge is 0.317 e. The molecule has 2 aromatic rings. The molecule has 3 nitrogen and oxygen atoms in total. The van der Waals surface area contributed by atoms with Gasteiger partial charge in [0.15, 0.2) is 0 Å². The summed E-state index contributed by atoms with van der Waals surface area (Å²) in [5, 5.41) is 2.74. The number of nitrogens with one attached hydrogen (secondary N) is 1. The molecule has 1 N–H and O–H groups in total. The number of nitrogens with zero attached hydrogens (tertiary/aromatic N) is 1. The molecular weight excluding hydrogens is 267 g/mol. The second kappa shape index (κ2) is 6.88. The summed E-state index contributed by atoms with van der Waals surface area (Å²) in [6.07, 6.45) is 0. The first-order chi connectivity index (χ1) is 10.1. The van der Waals surface area contributed by atoms with E-state index in [9.17, 15) is 9.18 Å². The van der Waals surface area contributed by atoms with E-state index in [1.165, 1.54) is 6.07 Å². The molecule has 0 heterocycles. The molecule has 0 aromatic heterocycles. The van der Waals surface area contributed by atoms with Gasteiger partial charge in [-0.25, -0.2) is 9.18 Å². The van der Waals surface area contributed by atoms with E-state index in [0.717, 1.165) is 5.56 Å². The third-order valence-corrected chi connectivity index (χ3v) is 3.57. The van der Waals surface area contributed by atoms with Crippen molar-refractivity contribution in [3.8, 4) is 0 Å². The zero-order valence-corrected chi connectivity index (χ0v) is 12.2. The lowest BCUT2D eigenvalue weighted by atomic mass is 10.1. The van der Waals surface area contributed by atoms with Crippen molar-refractivity contribution >= 4 is 6.03 Å². The molecule has 0 radical (unpaired) electrons. The lowest BCUT2D eigenvalue weighted by Crippen LogP contribution is -2.38. The van der Waals surface area contributed by atoms with Gasteiger partial charge in [0.25, 0.3) is 0 Å². The average molecular weight is 286 g/mol. The largest absolute Gasteiger partial charge is 0.334 e. The maximum Gasteiger partial charge on any atom is 0.317 e. The molecule has 0 aliphatic carbocycles. The van der Waals surface area contributed by atoms with Crippen molar-refractivity contribution in [1.29, 1.82) is 0 Å². The molecule has 2 amide bonds. The van der Waals surface area contributed by atoms with Crippen LogP contribution < -0.4 is 5.32 Å². The Morgan fingerprint density at radius 3 is 2.43 bits per heavy atom. The highest BCUT2D eigenvalue weighted by Gasteiger charge is 2.17. The Balaban J connectivity index is 1.95. The molecule has 4 heteroatoms. The van der Waals surface area contributed by atoms with E-state index >= 15 is 0 Å². The van der Waals surface area contributed by atoms with Crippen LogP contribution in [0.25, 0.3) is 0 Å². The molecule has 2 rings (SSSR count). The minimum atomic E-state index is -0.309. The Morgan fingerprint density at radius 2 is 1.76 bits per heavy atom. The number of carbonyl (C=O) groups is 1. The summed E-state index contributed by atoms with van der Waals surface area (Å²) in [6.45, 7) is 2.13. The van der Waals surface area contributed by atoms with Gasteiger partial charge in [0.1, 0.15) is 5.82 Å². The van der Waals surface area contributed by atoms with E-state index in [2.05, 4.69) is 5.32 Å². The van der Waals surface area contributed by atoms with Gasteiger partial charge in [-0.05, 0) is 18.6 Å². The van der Waals surface area contributed by atoms with E-state index in [0.29, 0.717) is 5.56 Å². The molecule has 110 valence electrons. The Kier molecular flexibility index (Phi) is 4.93. The third kappa shape index (κ3) is 3.81. The van der Waals surface area contributed by atoms with Crippen LogP contribution in [-0.4, -0.2) is 18.0 Å². The van der Waals surface area contributed by atoms with Gasteiger partial charge < -0.3 is 10.2 Å². The summed E-state index contributed by atoms with van der Waals surface area (Å²) in [7, 11) is 1.73. The first-order valence-corrected chi connectivity index (χ1v) is 6.88. The summed E-state index contributed by atoms with van der Waals surface area (Å²) in [5.74, 6) is -0.309. The molecule has 1 unspecified atom stereocenters. The number of urea groups is 1. The van der Waals surface area contributed by atoms with Gasteiger partial charge in [0.05, 0.1) is 6.04 Å². The van der Waals surface area contributed by atoms with Crippen molar-refractivity contribution in [2.24, 2.45) is 0 Å². The molecule has 0 bridgehead atoms. The highest BCUT2D eigenvalue weighted by atomic mass is 19.1. The predicted molar refractivity (Wildman–Crippen MR) is 81.3 cm³/mol. The number of carbonyl (C=O) groups excluding carboxylic acids is 1. The molecule has 0 aliphatic heterocycles. The van der Waals surface area contributed by atoms with Crippen molar-refractivity contribution in [2.45, 2.75) is 19.5 Å². The lowest BCUT2D eigenvalue weighted by Gasteiger charge is -2.25. The zero-order valence-electron chi connectivity index (χ0n) is 12.2. The summed E-state index contributed by atoms with van der Waals surface area (Å²) in [5.41, 5.74) is 1.53. The fourth-order valence-corrected chi connectivity index (χ4v) is 2.07. The van der Waals surface area contributed by atoms with Crippen LogP contribution in [-0.2, 0) is 6.54 Å². The third-order valence-electron chi connectivity index (χ3n) is 3.57. The minimum absolute atomic E-state index is 0.0492. The van der Waals surface area contributed by atoms with E-state index in [4.69, 9.17) is 0 Å². The van der Waals surface area contributed by atoms with Crippen LogP contribution in [0.5, 0.6) is 0 Å². The van der Waals surface area contributed by atoms with Gasteiger partial charge in [-0.15, -0.1) is 0 Å². The normalized spacial score (nSPS) is 11.8. The standard InChI is InChI=1S/C17H19FN2O/c1-13(14-8-4-3-5-9-14)20(2)17(21)19-12-15-10-6-7-11-16(15)18/h3-11,13H,12H2,1-2H3,(H,19,21). The minimum Gasteiger partial charge on any atom is -0.334 e. The predicted octanol–water partition coefficient (Wildman–Crippen LogP) is 3.73. The summed E-state index contributed by atoms with van der Waals surface area (Å²) in [6, 6.07) is 15.9. The summed E-state index contributed by atoms with van der Waals surface area (Å²) in [4.78, 5) is 13.7. The Labute approximate surface area is 124 Å². The van der Waals surface area contributed by atoms with Gasteiger partial charge in [0.2, 0.25) is 0 Å². The quantitative estimate of drug-likeness (QED) is 0.912. The van der Waals surface area contributed by atoms with Gasteiger partial charge in [-0.1, -0.05) is 48.5 Å². The van der Waals surface area contributed by atoms with E-state index < -0.39 is 0 Å². The van der Waals surface area contributed by atoms with Gasteiger partial charge in [-0.2, -0.15) is 0 Å². The lowest BCUT2D eigenvalue weighted by molar-refractivity contribution is 0.194. The molecule has 2 aromatic carbocycles. The molecule has 0 spiro atoms. The van der Waals surface area contributed by atoms with E-state index in [1.807, 2.05) is 37.3 Å². The highest BCUT2D eigenvalue weighted by molar-refractivity contribution is 5.74. The first kappa shape index (κ1) is 15.0. The van der Waals surface area contributed by atoms with Crippen LogP contribution in [0.15, 0.2) is 54.6 Å². The van der Waals surface area contributed by atoms with Crippen LogP contribution in [0.4, 0.5) is 9.18 Å². The van der Waals surface area contributed by atoms with Crippen molar-refractivity contribution in [3.63, 3.8) is 0 Å².